The summed E-state index contributed by atoms with van der Waals surface area (Å²) in [5, 5.41) is 4.66. The van der Waals surface area contributed by atoms with Gasteiger partial charge in [-0.25, -0.2) is 0 Å². The molecule has 1 aliphatic rings. The van der Waals surface area contributed by atoms with Crippen molar-refractivity contribution in [3.05, 3.63) is 107 Å². The van der Waals surface area contributed by atoms with Crippen molar-refractivity contribution in [3.63, 3.8) is 0 Å². The molecular formula is C26H23ClN4OS. The van der Waals surface area contributed by atoms with E-state index < -0.39 is 0 Å². The molecule has 7 heteroatoms. The molecule has 0 radical (unpaired) electrons. The number of halogens is 1. The van der Waals surface area contributed by atoms with Crippen LogP contribution in [0.15, 0.2) is 85.2 Å². The summed E-state index contributed by atoms with van der Waals surface area (Å²) in [6.07, 6.45) is 3.90. The average molecular weight is 475 g/mol. The van der Waals surface area contributed by atoms with Crippen LogP contribution >= 0.6 is 23.8 Å². The first kappa shape index (κ1) is 21.5. The minimum absolute atomic E-state index is 0.141. The van der Waals surface area contributed by atoms with Gasteiger partial charge >= 0.3 is 0 Å². The number of methoxy groups -OCH3 is 1. The second kappa shape index (κ2) is 8.89. The largest absolute Gasteiger partial charge is 0.495 e. The lowest BCUT2D eigenvalue weighted by Gasteiger charge is -2.29. The molecule has 1 N–H and O–H groups in total. The van der Waals surface area contributed by atoms with Gasteiger partial charge in [0.25, 0.3) is 0 Å². The number of nitrogens with one attached hydrogen (secondary N) is 1. The molecule has 0 aliphatic carbocycles. The van der Waals surface area contributed by atoms with Crippen LogP contribution < -0.4 is 15.0 Å². The van der Waals surface area contributed by atoms with E-state index in [1.165, 1.54) is 5.56 Å². The van der Waals surface area contributed by atoms with Crippen LogP contribution in [-0.4, -0.2) is 21.8 Å². The van der Waals surface area contributed by atoms with Crippen molar-refractivity contribution in [1.82, 2.24) is 14.9 Å². The van der Waals surface area contributed by atoms with Crippen LogP contribution in [0.2, 0.25) is 5.02 Å². The molecule has 4 aromatic rings. The van der Waals surface area contributed by atoms with Crippen molar-refractivity contribution in [2.75, 3.05) is 12.0 Å². The fourth-order valence-electron chi connectivity index (χ4n) is 4.43. The number of thiocarbonyl (C=S) groups is 1. The fourth-order valence-corrected chi connectivity index (χ4v) is 5.02. The molecule has 0 bridgehead atoms. The van der Waals surface area contributed by atoms with E-state index in [1.54, 1.807) is 7.11 Å². The lowest BCUT2D eigenvalue weighted by Crippen LogP contribution is -2.30. The molecule has 1 saturated heterocycles. The molecule has 5 rings (SSSR count). The SMILES string of the molecule is COc1ccc(N2C(=S)N[C@H](c3ccccn3)[C@@H]2c2cccn2-c2ccccc2C)cc1Cl. The van der Waals surface area contributed by atoms with Gasteiger partial charge in [-0.05, 0) is 73.2 Å². The van der Waals surface area contributed by atoms with Gasteiger partial charge in [-0.1, -0.05) is 35.9 Å². The van der Waals surface area contributed by atoms with E-state index in [0.717, 1.165) is 22.8 Å². The Hall–Kier alpha value is -3.35. The van der Waals surface area contributed by atoms with Crippen LogP contribution in [0, 0.1) is 6.92 Å². The maximum atomic E-state index is 6.50. The van der Waals surface area contributed by atoms with Gasteiger partial charge in [-0.15, -0.1) is 0 Å². The number of ether oxygens (including phenoxy) is 1. The lowest BCUT2D eigenvalue weighted by atomic mass is 10.0. The van der Waals surface area contributed by atoms with Crippen LogP contribution in [0.3, 0.4) is 0 Å². The quantitative estimate of drug-likeness (QED) is 0.358. The lowest BCUT2D eigenvalue weighted by molar-refractivity contribution is 0.415. The maximum Gasteiger partial charge on any atom is 0.174 e. The minimum atomic E-state index is -0.147. The van der Waals surface area contributed by atoms with Crippen molar-refractivity contribution in [1.29, 1.82) is 0 Å². The molecule has 2 atom stereocenters. The highest BCUT2D eigenvalue weighted by Gasteiger charge is 2.42. The van der Waals surface area contributed by atoms with E-state index in [0.29, 0.717) is 15.9 Å². The average Bonchev–Trinajstić information content (AvgIpc) is 3.44. The van der Waals surface area contributed by atoms with Gasteiger partial charge in [0.05, 0.1) is 23.9 Å². The van der Waals surface area contributed by atoms with Crippen molar-refractivity contribution in [3.8, 4) is 11.4 Å². The Labute approximate surface area is 203 Å². The highest BCUT2D eigenvalue weighted by atomic mass is 35.5. The van der Waals surface area contributed by atoms with Crippen molar-refractivity contribution in [2.24, 2.45) is 0 Å². The number of aromatic nitrogens is 2. The van der Waals surface area contributed by atoms with E-state index in [4.69, 9.17) is 28.6 Å². The standard InChI is InChI=1S/C26H23ClN4OS/c1-17-8-3-4-10-21(17)30-15-7-11-22(30)25-24(20-9-5-6-14-28-20)29-26(33)31(25)18-12-13-23(32-2)19(27)16-18/h3-16,24-25H,1-2H3,(H,29,33)/t24-,25+/m1/s1. The number of hydrogen-bond acceptors (Lipinski definition) is 3. The molecule has 166 valence electrons. The first-order chi connectivity index (χ1) is 16.1. The number of anilines is 1. The molecule has 2 aromatic heterocycles. The van der Waals surface area contributed by atoms with Gasteiger partial charge < -0.3 is 19.5 Å². The van der Waals surface area contributed by atoms with Gasteiger partial charge in [0.2, 0.25) is 0 Å². The van der Waals surface area contributed by atoms with Gasteiger partial charge in [-0.2, -0.15) is 0 Å². The molecule has 0 unspecified atom stereocenters. The summed E-state index contributed by atoms with van der Waals surface area (Å²) in [7, 11) is 1.61. The highest BCUT2D eigenvalue weighted by Crippen LogP contribution is 2.43. The first-order valence-corrected chi connectivity index (χ1v) is 11.4. The summed E-state index contributed by atoms with van der Waals surface area (Å²) in [5.74, 6) is 0.625. The van der Waals surface area contributed by atoms with E-state index in [-0.39, 0.29) is 12.1 Å². The molecule has 33 heavy (non-hydrogen) atoms. The first-order valence-electron chi connectivity index (χ1n) is 10.7. The number of nitrogens with zero attached hydrogens (tertiary/aromatic N) is 3. The van der Waals surface area contributed by atoms with E-state index in [9.17, 15) is 0 Å². The zero-order chi connectivity index (χ0) is 22.9. The molecule has 0 amide bonds. The third kappa shape index (κ3) is 3.86. The summed E-state index contributed by atoms with van der Waals surface area (Å²) in [6, 6.07) is 24.0. The van der Waals surface area contributed by atoms with Crippen LogP contribution in [0.25, 0.3) is 5.69 Å². The Morgan fingerprint density at radius 1 is 1.03 bits per heavy atom. The Balaban J connectivity index is 1.68. The topological polar surface area (TPSA) is 42.3 Å². The second-order valence-electron chi connectivity index (χ2n) is 7.90. The smallest absolute Gasteiger partial charge is 0.174 e. The number of para-hydroxylation sites is 1. The second-order valence-corrected chi connectivity index (χ2v) is 8.70. The van der Waals surface area contributed by atoms with Crippen molar-refractivity contribution >= 4 is 34.6 Å². The van der Waals surface area contributed by atoms with E-state index in [1.807, 2.05) is 42.6 Å². The number of benzene rings is 2. The van der Waals surface area contributed by atoms with E-state index >= 15 is 0 Å². The predicted octanol–water partition coefficient (Wildman–Crippen LogP) is 6.02. The normalized spacial score (nSPS) is 17.8. The molecule has 3 heterocycles. The number of aryl methyl sites for hydroxylation is 1. The van der Waals surface area contributed by atoms with Crippen LogP contribution in [0.4, 0.5) is 5.69 Å². The van der Waals surface area contributed by atoms with Crippen LogP contribution in [0.1, 0.15) is 29.0 Å². The van der Waals surface area contributed by atoms with Crippen molar-refractivity contribution in [2.45, 2.75) is 19.0 Å². The van der Waals surface area contributed by atoms with Gasteiger partial charge in [0, 0.05) is 29.5 Å². The van der Waals surface area contributed by atoms with Gasteiger partial charge in [0.15, 0.2) is 5.11 Å². The zero-order valence-electron chi connectivity index (χ0n) is 18.3. The minimum Gasteiger partial charge on any atom is -0.495 e. The zero-order valence-corrected chi connectivity index (χ0v) is 19.8. The number of hydrogen-bond donors (Lipinski definition) is 1. The number of rotatable bonds is 5. The predicted molar refractivity (Wildman–Crippen MR) is 136 cm³/mol. The Morgan fingerprint density at radius 2 is 1.85 bits per heavy atom. The Kier molecular flexibility index (Phi) is 5.79. The summed E-state index contributed by atoms with van der Waals surface area (Å²) >= 11 is 12.3. The molecule has 0 saturated carbocycles. The third-order valence-corrected chi connectivity index (χ3v) is 6.58. The summed E-state index contributed by atoms with van der Waals surface area (Å²) in [6.45, 7) is 2.12. The summed E-state index contributed by atoms with van der Waals surface area (Å²) in [4.78, 5) is 6.76. The Bertz CT molecular complexity index is 1310. The van der Waals surface area contributed by atoms with Crippen LogP contribution in [0.5, 0.6) is 5.75 Å². The summed E-state index contributed by atoms with van der Waals surface area (Å²) in [5.41, 5.74) is 5.22. The molecular weight excluding hydrogens is 452 g/mol. The Morgan fingerprint density at radius 3 is 2.58 bits per heavy atom. The molecule has 2 aromatic carbocycles. The van der Waals surface area contributed by atoms with Gasteiger partial charge in [-0.3, -0.25) is 4.98 Å². The molecule has 0 spiro atoms. The monoisotopic (exact) mass is 474 g/mol. The number of pyridine rings is 1. The van der Waals surface area contributed by atoms with Gasteiger partial charge in [0.1, 0.15) is 11.8 Å². The van der Waals surface area contributed by atoms with E-state index in [2.05, 4.69) is 69.3 Å². The third-order valence-electron chi connectivity index (χ3n) is 5.97. The molecule has 1 aliphatic heterocycles. The highest BCUT2D eigenvalue weighted by molar-refractivity contribution is 7.80. The summed E-state index contributed by atoms with van der Waals surface area (Å²) < 4.78 is 7.58. The van der Waals surface area contributed by atoms with Crippen molar-refractivity contribution < 1.29 is 4.74 Å². The maximum absolute atomic E-state index is 6.50. The van der Waals surface area contributed by atoms with Crippen LogP contribution in [-0.2, 0) is 0 Å². The molecule has 1 fully saturated rings. The molecule has 5 nitrogen and oxygen atoms in total. The fraction of sp³-hybridized carbons (Fsp3) is 0.154.